The van der Waals surface area contributed by atoms with Crippen molar-refractivity contribution in [2.45, 2.75) is 6.92 Å². The standard InChI is InChI=1S/C16H13NO3/c1-11-2-7-15(17-9-11)8-14(10-18)12-3-5-13(6-4-12)16(19)20/h2-10H,1H3,(H,19,20). The molecule has 0 saturated heterocycles. The maximum Gasteiger partial charge on any atom is 0.335 e. The molecule has 100 valence electrons. The van der Waals surface area contributed by atoms with Crippen molar-refractivity contribution in [3.05, 3.63) is 65.0 Å². The van der Waals surface area contributed by atoms with E-state index in [9.17, 15) is 9.59 Å². The van der Waals surface area contributed by atoms with Crippen LogP contribution in [-0.4, -0.2) is 22.3 Å². The zero-order valence-corrected chi connectivity index (χ0v) is 10.9. The molecule has 4 heteroatoms. The van der Waals surface area contributed by atoms with Gasteiger partial charge < -0.3 is 5.11 Å². The summed E-state index contributed by atoms with van der Waals surface area (Å²) < 4.78 is 0. The fraction of sp³-hybridized carbons (Fsp3) is 0.0625. The van der Waals surface area contributed by atoms with Crippen LogP contribution >= 0.6 is 0 Å². The first-order valence-corrected chi connectivity index (χ1v) is 6.03. The van der Waals surface area contributed by atoms with Gasteiger partial charge in [-0.2, -0.15) is 0 Å². The van der Waals surface area contributed by atoms with Crippen LogP contribution in [0.1, 0.15) is 27.2 Å². The first-order chi connectivity index (χ1) is 9.60. The number of hydrogen-bond donors (Lipinski definition) is 1. The lowest BCUT2D eigenvalue weighted by atomic mass is 10.0. The average molecular weight is 267 g/mol. The highest BCUT2D eigenvalue weighted by molar-refractivity contribution is 6.13. The maximum atomic E-state index is 11.2. The number of benzene rings is 1. The van der Waals surface area contributed by atoms with Crippen LogP contribution in [0.2, 0.25) is 0 Å². The lowest BCUT2D eigenvalue weighted by Crippen LogP contribution is -1.96. The van der Waals surface area contributed by atoms with Crippen molar-refractivity contribution in [3.63, 3.8) is 0 Å². The number of allylic oxidation sites excluding steroid dienone is 1. The van der Waals surface area contributed by atoms with Gasteiger partial charge >= 0.3 is 5.97 Å². The van der Waals surface area contributed by atoms with Crippen LogP contribution in [0.25, 0.3) is 11.6 Å². The van der Waals surface area contributed by atoms with Crippen LogP contribution in [0.5, 0.6) is 0 Å². The van der Waals surface area contributed by atoms with Gasteiger partial charge in [0.25, 0.3) is 0 Å². The summed E-state index contributed by atoms with van der Waals surface area (Å²) in [6.07, 6.45) is 4.13. The molecule has 1 aromatic heterocycles. The van der Waals surface area contributed by atoms with E-state index in [-0.39, 0.29) is 5.56 Å². The van der Waals surface area contributed by atoms with Crippen LogP contribution in [0.3, 0.4) is 0 Å². The van der Waals surface area contributed by atoms with Gasteiger partial charge in [-0.25, -0.2) is 4.79 Å². The normalized spacial score (nSPS) is 11.2. The molecule has 4 nitrogen and oxygen atoms in total. The number of carboxylic acid groups (broad SMARTS) is 1. The molecule has 2 aromatic rings. The molecule has 0 amide bonds. The third-order valence-electron chi connectivity index (χ3n) is 2.83. The van der Waals surface area contributed by atoms with E-state index in [1.807, 2.05) is 19.1 Å². The predicted octanol–water partition coefficient (Wildman–Crippen LogP) is 2.83. The van der Waals surface area contributed by atoms with E-state index in [4.69, 9.17) is 5.11 Å². The van der Waals surface area contributed by atoms with Crippen molar-refractivity contribution >= 4 is 23.9 Å². The summed E-state index contributed by atoms with van der Waals surface area (Å²) in [5, 5.41) is 8.84. The summed E-state index contributed by atoms with van der Waals surface area (Å²) in [5.74, 6) is -0.992. The summed E-state index contributed by atoms with van der Waals surface area (Å²) in [6.45, 7) is 1.94. The Morgan fingerprint density at radius 1 is 1.10 bits per heavy atom. The number of aldehydes is 1. The Hall–Kier alpha value is -2.75. The molecule has 0 fully saturated rings. The van der Waals surface area contributed by atoms with Crippen LogP contribution in [0, 0.1) is 6.92 Å². The molecule has 20 heavy (non-hydrogen) atoms. The van der Waals surface area contributed by atoms with Gasteiger partial charge in [-0.3, -0.25) is 9.78 Å². The lowest BCUT2D eigenvalue weighted by molar-refractivity contribution is -0.103. The van der Waals surface area contributed by atoms with Gasteiger partial charge in [0.2, 0.25) is 0 Å². The Labute approximate surface area is 116 Å². The predicted molar refractivity (Wildman–Crippen MR) is 76.3 cm³/mol. The van der Waals surface area contributed by atoms with E-state index < -0.39 is 5.97 Å². The van der Waals surface area contributed by atoms with E-state index in [1.54, 1.807) is 24.4 Å². The zero-order chi connectivity index (χ0) is 14.5. The fourth-order valence-corrected chi connectivity index (χ4v) is 1.71. The Bertz CT molecular complexity index is 655. The van der Waals surface area contributed by atoms with Gasteiger partial charge in [-0.1, -0.05) is 18.2 Å². The van der Waals surface area contributed by atoms with Crippen molar-refractivity contribution in [2.24, 2.45) is 0 Å². The van der Waals surface area contributed by atoms with Gasteiger partial charge in [0, 0.05) is 11.8 Å². The van der Waals surface area contributed by atoms with Gasteiger partial charge in [0.15, 0.2) is 6.29 Å². The highest BCUT2D eigenvalue weighted by Crippen LogP contribution is 2.16. The molecule has 0 bridgehead atoms. The molecule has 0 aliphatic carbocycles. The molecule has 0 aliphatic rings. The Balaban J connectivity index is 2.34. The van der Waals surface area contributed by atoms with E-state index >= 15 is 0 Å². The second kappa shape index (κ2) is 5.93. The summed E-state index contributed by atoms with van der Waals surface area (Å²) in [5.41, 5.74) is 3.03. The van der Waals surface area contributed by atoms with Crippen molar-refractivity contribution in [1.82, 2.24) is 4.98 Å². The molecule has 0 radical (unpaired) electrons. The number of carbonyl (C=O) groups is 2. The maximum absolute atomic E-state index is 11.2. The number of rotatable bonds is 4. The van der Waals surface area contributed by atoms with Crippen molar-refractivity contribution in [3.8, 4) is 0 Å². The minimum absolute atomic E-state index is 0.187. The highest BCUT2D eigenvalue weighted by atomic mass is 16.4. The van der Waals surface area contributed by atoms with Crippen molar-refractivity contribution in [2.75, 3.05) is 0 Å². The van der Waals surface area contributed by atoms with Crippen LogP contribution < -0.4 is 0 Å². The Morgan fingerprint density at radius 3 is 2.25 bits per heavy atom. The molecule has 0 unspecified atom stereocenters. The summed E-state index contributed by atoms with van der Waals surface area (Å²) in [7, 11) is 0. The van der Waals surface area contributed by atoms with Crippen molar-refractivity contribution < 1.29 is 14.7 Å². The quantitative estimate of drug-likeness (QED) is 0.683. The van der Waals surface area contributed by atoms with Gasteiger partial charge in [0.1, 0.15) is 0 Å². The number of carbonyl (C=O) groups excluding carboxylic acids is 1. The third kappa shape index (κ3) is 3.17. The second-order valence-electron chi connectivity index (χ2n) is 4.36. The molecule has 1 heterocycles. The summed E-state index contributed by atoms with van der Waals surface area (Å²) in [4.78, 5) is 26.2. The van der Waals surface area contributed by atoms with E-state index in [2.05, 4.69) is 4.98 Å². The number of aromatic carboxylic acids is 1. The minimum Gasteiger partial charge on any atom is -0.478 e. The first kappa shape index (κ1) is 13.7. The molecule has 0 aliphatic heterocycles. The van der Waals surface area contributed by atoms with Gasteiger partial charge in [-0.05, 0) is 42.3 Å². The fourth-order valence-electron chi connectivity index (χ4n) is 1.71. The molecular formula is C16H13NO3. The topological polar surface area (TPSA) is 67.3 Å². The number of hydrogen-bond acceptors (Lipinski definition) is 3. The van der Waals surface area contributed by atoms with Crippen LogP contribution in [0.4, 0.5) is 0 Å². The largest absolute Gasteiger partial charge is 0.478 e. The smallest absolute Gasteiger partial charge is 0.335 e. The second-order valence-corrected chi connectivity index (χ2v) is 4.36. The number of aromatic nitrogens is 1. The van der Waals surface area contributed by atoms with E-state index in [1.165, 1.54) is 12.1 Å². The average Bonchev–Trinajstić information content (AvgIpc) is 2.47. The monoisotopic (exact) mass is 267 g/mol. The number of pyridine rings is 1. The number of nitrogens with zero attached hydrogens (tertiary/aromatic N) is 1. The SMILES string of the molecule is Cc1ccc(C=C(C=O)c2ccc(C(=O)O)cc2)nc1. The summed E-state index contributed by atoms with van der Waals surface area (Å²) in [6, 6.07) is 9.89. The van der Waals surface area contributed by atoms with Crippen LogP contribution in [-0.2, 0) is 4.79 Å². The molecule has 1 N–H and O–H groups in total. The number of carboxylic acids is 1. The van der Waals surface area contributed by atoms with Gasteiger partial charge in [0.05, 0.1) is 11.3 Å². The molecular weight excluding hydrogens is 254 g/mol. The zero-order valence-electron chi connectivity index (χ0n) is 10.9. The lowest BCUT2D eigenvalue weighted by Gasteiger charge is -2.02. The van der Waals surface area contributed by atoms with Gasteiger partial charge in [-0.15, -0.1) is 0 Å². The van der Waals surface area contributed by atoms with E-state index in [0.29, 0.717) is 16.8 Å². The first-order valence-electron chi connectivity index (χ1n) is 6.03. The van der Waals surface area contributed by atoms with Crippen molar-refractivity contribution in [1.29, 1.82) is 0 Å². The summed E-state index contributed by atoms with van der Waals surface area (Å²) >= 11 is 0. The molecule has 0 saturated carbocycles. The van der Waals surface area contributed by atoms with Crippen LogP contribution in [0.15, 0.2) is 42.6 Å². The third-order valence-corrected chi connectivity index (χ3v) is 2.83. The number of aryl methyl sites for hydroxylation is 1. The minimum atomic E-state index is -0.992. The van der Waals surface area contributed by atoms with E-state index in [0.717, 1.165) is 11.8 Å². The molecule has 0 spiro atoms. The molecule has 2 rings (SSSR count). The highest BCUT2D eigenvalue weighted by Gasteiger charge is 2.05. The molecule has 1 aromatic carbocycles. The molecule has 0 atom stereocenters. The Morgan fingerprint density at radius 2 is 1.75 bits per heavy atom. The Kier molecular flexibility index (Phi) is 4.05.